The quantitative estimate of drug-likeness (QED) is 0.668. The molecule has 1 aromatic rings. The lowest BCUT2D eigenvalue weighted by Gasteiger charge is -2.16. The van der Waals surface area contributed by atoms with Gasteiger partial charge in [-0.2, -0.15) is 0 Å². The van der Waals surface area contributed by atoms with E-state index in [2.05, 4.69) is 11.6 Å². The Balaban J connectivity index is 2.86. The smallest absolute Gasteiger partial charge is 0.147 e. The molecule has 1 aromatic heterocycles. The summed E-state index contributed by atoms with van der Waals surface area (Å²) in [5.41, 5.74) is 0. The SMILES string of the molecule is C=CCN(C)c1ncccc1Cl. The summed E-state index contributed by atoms with van der Waals surface area (Å²) in [4.78, 5) is 6.08. The van der Waals surface area contributed by atoms with Gasteiger partial charge < -0.3 is 4.90 Å². The minimum absolute atomic E-state index is 0.668. The largest absolute Gasteiger partial charge is 0.355 e. The standard InChI is InChI=1S/C9H11ClN2/c1-3-7-12(2)9-8(10)5-4-6-11-9/h3-6H,1,7H2,2H3. The van der Waals surface area contributed by atoms with Crippen molar-refractivity contribution in [3.8, 4) is 0 Å². The molecule has 1 heterocycles. The maximum atomic E-state index is 5.92. The molecule has 0 atom stereocenters. The molecule has 0 aliphatic heterocycles. The van der Waals surface area contributed by atoms with Crippen LogP contribution in [0.1, 0.15) is 0 Å². The fourth-order valence-corrected chi connectivity index (χ4v) is 1.20. The summed E-state index contributed by atoms with van der Waals surface area (Å²) >= 11 is 5.92. The van der Waals surface area contributed by atoms with Crippen molar-refractivity contribution < 1.29 is 0 Å². The van der Waals surface area contributed by atoms with E-state index in [0.29, 0.717) is 5.02 Å². The number of pyridine rings is 1. The maximum Gasteiger partial charge on any atom is 0.147 e. The summed E-state index contributed by atoms with van der Waals surface area (Å²) in [6.45, 7) is 4.39. The normalized spacial score (nSPS) is 9.50. The molecule has 0 amide bonds. The van der Waals surface area contributed by atoms with Crippen molar-refractivity contribution in [2.45, 2.75) is 0 Å². The summed E-state index contributed by atoms with van der Waals surface area (Å²) < 4.78 is 0. The minimum Gasteiger partial charge on any atom is -0.355 e. The molecule has 0 aliphatic carbocycles. The van der Waals surface area contributed by atoms with Crippen molar-refractivity contribution >= 4 is 17.4 Å². The molecule has 0 N–H and O–H groups in total. The van der Waals surface area contributed by atoms with Crippen LogP contribution in [0.25, 0.3) is 0 Å². The van der Waals surface area contributed by atoms with E-state index < -0.39 is 0 Å². The molecule has 12 heavy (non-hydrogen) atoms. The Morgan fingerprint density at radius 2 is 2.50 bits per heavy atom. The van der Waals surface area contributed by atoms with Gasteiger partial charge in [0.2, 0.25) is 0 Å². The maximum absolute atomic E-state index is 5.92. The van der Waals surface area contributed by atoms with Gasteiger partial charge in [-0.15, -0.1) is 6.58 Å². The molecule has 3 heteroatoms. The fourth-order valence-electron chi connectivity index (χ4n) is 0.938. The first-order valence-electron chi connectivity index (χ1n) is 3.68. The van der Waals surface area contributed by atoms with Crippen LogP contribution in [0.4, 0.5) is 5.82 Å². The number of halogens is 1. The number of hydrogen-bond acceptors (Lipinski definition) is 2. The number of nitrogens with zero attached hydrogens (tertiary/aromatic N) is 2. The van der Waals surface area contributed by atoms with E-state index in [4.69, 9.17) is 11.6 Å². The predicted octanol–water partition coefficient (Wildman–Crippen LogP) is 2.36. The van der Waals surface area contributed by atoms with Crippen LogP contribution in [-0.2, 0) is 0 Å². The Morgan fingerprint density at radius 1 is 1.75 bits per heavy atom. The molecule has 0 unspecified atom stereocenters. The molecular weight excluding hydrogens is 172 g/mol. The molecule has 0 bridgehead atoms. The second kappa shape index (κ2) is 4.12. The van der Waals surface area contributed by atoms with Crippen LogP contribution in [-0.4, -0.2) is 18.6 Å². The van der Waals surface area contributed by atoms with Crippen LogP contribution in [0.5, 0.6) is 0 Å². The number of anilines is 1. The van der Waals surface area contributed by atoms with Gasteiger partial charge in [0, 0.05) is 19.8 Å². The van der Waals surface area contributed by atoms with Crippen LogP contribution in [0, 0.1) is 0 Å². The van der Waals surface area contributed by atoms with Gasteiger partial charge in [0.05, 0.1) is 5.02 Å². The number of likely N-dealkylation sites (N-methyl/N-ethyl adjacent to an activating group) is 1. The van der Waals surface area contributed by atoms with Gasteiger partial charge in [0.25, 0.3) is 0 Å². The molecule has 0 fully saturated rings. The van der Waals surface area contributed by atoms with Crippen LogP contribution in [0.3, 0.4) is 0 Å². The van der Waals surface area contributed by atoms with Gasteiger partial charge in [-0.05, 0) is 12.1 Å². The van der Waals surface area contributed by atoms with Crippen LogP contribution in [0.2, 0.25) is 5.02 Å². The van der Waals surface area contributed by atoms with E-state index in [-0.39, 0.29) is 0 Å². The zero-order valence-corrected chi connectivity index (χ0v) is 7.75. The first-order chi connectivity index (χ1) is 5.75. The van der Waals surface area contributed by atoms with Crippen LogP contribution >= 0.6 is 11.6 Å². The number of rotatable bonds is 3. The van der Waals surface area contributed by atoms with Gasteiger partial charge in [0.15, 0.2) is 0 Å². The molecule has 0 saturated heterocycles. The molecule has 0 saturated carbocycles. The highest BCUT2D eigenvalue weighted by molar-refractivity contribution is 6.32. The lowest BCUT2D eigenvalue weighted by molar-refractivity contribution is 0.992. The summed E-state index contributed by atoms with van der Waals surface area (Å²) in [5, 5.41) is 0.668. The van der Waals surface area contributed by atoms with Gasteiger partial charge in [-0.1, -0.05) is 17.7 Å². The number of hydrogen-bond donors (Lipinski definition) is 0. The van der Waals surface area contributed by atoms with Crippen LogP contribution < -0.4 is 4.90 Å². The van der Waals surface area contributed by atoms with E-state index in [1.807, 2.05) is 30.2 Å². The highest BCUT2D eigenvalue weighted by Gasteiger charge is 2.03. The van der Waals surface area contributed by atoms with E-state index in [1.54, 1.807) is 6.20 Å². The lowest BCUT2D eigenvalue weighted by atomic mass is 10.4. The molecular formula is C9H11ClN2. The van der Waals surface area contributed by atoms with E-state index in [0.717, 1.165) is 12.4 Å². The van der Waals surface area contributed by atoms with Gasteiger partial charge in [-0.3, -0.25) is 0 Å². The fraction of sp³-hybridized carbons (Fsp3) is 0.222. The van der Waals surface area contributed by atoms with Crippen molar-refractivity contribution in [1.82, 2.24) is 4.98 Å². The molecule has 2 nitrogen and oxygen atoms in total. The predicted molar refractivity (Wildman–Crippen MR) is 52.7 cm³/mol. The highest BCUT2D eigenvalue weighted by Crippen LogP contribution is 2.20. The molecule has 0 radical (unpaired) electrons. The van der Waals surface area contributed by atoms with Gasteiger partial charge in [0.1, 0.15) is 5.82 Å². The summed E-state index contributed by atoms with van der Waals surface area (Å²) in [7, 11) is 1.93. The Bertz CT molecular complexity index is 273. The molecule has 0 spiro atoms. The summed E-state index contributed by atoms with van der Waals surface area (Å²) in [6.07, 6.45) is 3.53. The third kappa shape index (κ3) is 1.98. The van der Waals surface area contributed by atoms with E-state index >= 15 is 0 Å². The average Bonchev–Trinajstić information content (AvgIpc) is 2.05. The molecule has 64 valence electrons. The zero-order chi connectivity index (χ0) is 8.97. The zero-order valence-electron chi connectivity index (χ0n) is 7.00. The summed E-state index contributed by atoms with van der Waals surface area (Å²) in [5.74, 6) is 0.791. The first kappa shape index (κ1) is 9.07. The first-order valence-corrected chi connectivity index (χ1v) is 4.06. The Morgan fingerprint density at radius 3 is 3.08 bits per heavy atom. The van der Waals surface area contributed by atoms with Crippen molar-refractivity contribution in [2.75, 3.05) is 18.5 Å². The summed E-state index contributed by atoms with van der Waals surface area (Å²) in [6, 6.07) is 3.64. The second-order valence-electron chi connectivity index (χ2n) is 2.48. The molecule has 0 aromatic carbocycles. The molecule has 1 rings (SSSR count). The van der Waals surface area contributed by atoms with Crippen molar-refractivity contribution in [1.29, 1.82) is 0 Å². The minimum atomic E-state index is 0.668. The number of aromatic nitrogens is 1. The molecule has 0 aliphatic rings. The van der Waals surface area contributed by atoms with E-state index in [9.17, 15) is 0 Å². The average molecular weight is 183 g/mol. The van der Waals surface area contributed by atoms with Gasteiger partial charge in [-0.25, -0.2) is 4.98 Å². The lowest BCUT2D eigenvalue weighted by Crippen LogP contribution is -2.18. The topological polar surface area (TPSA) is 16.1 Å². The van der Waals surface area contributed by atoms with Crippen LogP contribution in [0.15, 0.2) is 31.0 Å². The Kier molecular flexibility index (Phi) is 3.11. The Hall–Kier alpha value is -1.02. The van der Waals surface area contributed by atoms with Crippen molar-refractivity contribution in [3.05, 3.63) is 36.0 Å². The monoisotopic (exact) mass is 182 g/mol. The van der Waals surface area contributed by atoms with Crippen molar-refractivity contribution in [2.24, 2.45) is 0 Å². The highest BCUT2D eigenvalue weighted by atomic mass is 35.5. The third-order valence-electron chi connectivity index (χ3n) is 1.50. The van der Waals surface area contributed by atoms with E-state index in [1.165, 1.54) is 0 Å². The van der Waals surface area contributed by atoms with Crippen molar-refractivity contribution in [3.63, 3.8) is 0 Å². The Labute approximate surface area is 77.5 Å². The second-order valence-corrected chi connectivity index (χ2v) is 2.89. The third-order valence-corrected chi connectivity index (χ3v) is 1.80. The van der Waals surface area contributed by atoms with Gasteiger partial charge >= 0.3 is 0 Å².